The average Bonchev–Trinajstić information content (AvgIpc) is 3.11. The maximum Gasteiger partial charge on any atom is 0.293 e. The summed E-state index contributed by atoms with van der Waals surface area (Å²) in [5, 5.41) is 26.4. The maximum atomic E-state index is 12.6. The topological polar surface area (TPSA) is 134 Å². The van der Waals surface area contributed by atoms with Gasteiger partial charge in [-0.25, -0.2) is 4.98 Å². The number of anilines is 2. The number of nitrogens with one attached hydrogen (secondary N) is 2. The van der Waals surface area contributed by atoms with E-state index in [2.05, 4.69) is 20.6 Å². The average molecular weight is 455 g/mol. The van der Waals surface area contributed by atoms with Crippen molar-refractivity contribution in [2.45, 2.75) is 24.1 Å². The van der Waals surface area contributed by atoms with E-state index in [0.717, 1.165) is 15.6 Å². The summed E-state index contributed by atoms with van der Waals surface area (Å²) in [5.41, 5.74) is 1.68. The zero-order valence-corrected chi connectivity index (χ0v) is 18.3. The molecule has 1 atom stereocenters. The van der Waals surface area contributed by atoms with Crippen LogP contribution >= 0.6 is 23.1 Å². The number of carbonyl (C=O) groups is 1. The number of aromatic nitrogens is 2. The van der Waals surface area contributed by atoms with Crippen molar-refractivity contribution in [2.24, 2.45) is 0 Å². The first-order valence-electron chi connectivity index (χ1n) is 9.13. The number of aryl methyl sites for hydroxylation is 1. The van der Waals surface area contributed by atoms with E-state index in [1.54, 1.807) is 19.2 Å². The van der Waals surface area contributed by atoms with Gasteiger partial charge in [-0.2, -0.15) is 5.26 Å². The number of hydrogen-bond acceptors (Lipinski definition) is 9. The second kappa shape index (κ2) is 10.0. The summed E-state index contributed by atoms with van der Waals surface area (Å²) >= 11 is 2.60. The number of nitrogens with zero attached hydrogens (tertiary/aromatic N) is 4. The quantitative estimate of drug-likeness (QED) is 0.282. The molecule has 0 fully saturated rings. The third-order valence-corrected chi connectivity index (χ3v) is 6.50. The SMILES string of the molecule is Cc1nc(NC(=O)c2ccc(NC(C)c3ccccn3)c([N+](=O)[O-])c2)sc1SCC#N. The monoisotopic (exact) mass is 454 g/mol. The third-order valence-electron chi connectivity index (χ3n) is 4.20. The Morgan fingerprint density at radius 3 is 2.87 bits per heavy atom. The molecule has 3 rings (SSSR count). The van der Waals surface area contributed by atoms with Crippen molar-refractivity contribution in [3.05, 3.63) is 69.7 Å². The van der Waals surface area contributed by atoms with E-state index in [-0.39, 0.29) is 23.0 Å². The lowest BCUT2D eigenvalue weighted by Crippen LogP contribution is -2.13. The van der Waals surface area contributed by atoms with Crippen LogP contribution in [0.15, 0.2) is 46.8 Å². The van der Waals surface area contributed by atoms with Crippen LogP contribution in [0.4, 0.5) is 16.5 Å². The highest BCUT2D eigenvalue weighted by molar-refractivity contribution is 8.01. The number of nitro benzene ring substituents is 1. The molecule has 0 spiro atoms. The third kappa shape index (κ3) is 5.56. The highest BCUT2D eigenvalue weighted by Gasteiger charge is 2.20. The van der Waals surface area contributed by atoms with E-state index >= 15 is 0 Å². The number of amides is 1. The van der Waals surface area contributed by atoms with Crippen LogP contribution < -0.4 is 10.6 Å². The molecule has 0 aliphatic rings. The number of thioether (sulfide) groups is 1. The lowest BCUT2D eigenvalue weighted by molar-refractivity contribution is -0.384. The van der Waals surface area contributed by atoms with Crippen LogP contribution in [0.5, 0.6) is 0 Å². The summed E-state index contributed by atoms with van der Waals surface area (Å²) in [7, 11) is 0. The molecule has 31 heavy (non-hydrogen) atoms. The van der Waals surface area contributed by atoms with E-state index in [1.165, 1.54) is 41.3 Å². The van der Waals surface area contributed by atoms with Gasteiger partial charge >= 0.3 is 0 Å². The van der Waals surface area contributed by atoms with Gasteiger partial charge in [-0.1, -0.05) is 29.2 Å². The van der Waals surface area contributed by atoms with Crippen molar-refractivity contribution in [2.75, 3.05) is 16.4 Å². The molecule has 1 unspecified atom stereocenters. The van der Waals surface area contributed by atoms with Gasteiger partial charge in [-0.05, 0) is 38.1 Å². The Kier molecular flexibility index (Phi) is 7.17. The number of hydrogen-bond donors (Lipinski definition) is 2. The molecule has 2 aromatic heterocycles. The lowest BCUT2D eigenvalue weighted by atomic mass is 10.1. The number of thiazole rings is 1. The van der Waals surface area contributed by atoms with Crippen LogP contribution in [0, 0.1) is 28.4 Å². The van der Waals surface area contributed by atoms with Crippen LogP contribution in [0.2, 0.25) is 0 Å². The molecule has 1 amide bonds. The highest BCUT2D eigenvalue weighted by atomic mass is 32.2. The standard InChI is InChI=1S/C20H18N6O3S2/c1-12(15-5-3-4-9-22-15)23-16-7-6-14(11-17(16)26(28)29)18(27)25-20-24-13(2)19(31-20)30-10-8-21/h3-7,9,11-12,23H,10H2,1-2H3,(H,24,25,27). The molecule has 0 radical (unpaired) electrons. The molecular formula is C20H18N6O3S2. The minimum atomic E-state index is -0.533. The molecule has 1 aromatic carbocycles. The molecular weight excluding hydrogens is 436 g/mol. The maximum absolute atomic E-state index is 12.6. The molecule has 2 N–H and O–H groups in total. The Morgan fingerprint density at radius 2 is 2.19 bits per heavy atom. The van der Waals surface area contributed by atoms with Gasteiger partial charge in [-0.15, -0.1) is 0 Å². The molecule has 0 saturated carbocycles. The molecule has 0 bridgehead atoms. The number of carbonyl (C=O) groups excluding carboxylic acids is 1. The van der Waals surface area contributed by atoms with Crippen molar-refractivity contribution < 1.29 is 9.72 Å². The van der Waals surface area contributed by atoms with Crippen LogP contribution in [0.3, 0.4) is 0 Å². The van der Waals surface area contributed by atoms with Crippen LogP contribution in [-0.4, -0.2) is 26.6 Å². The highest BCUT2D eigenvalue weighted by Crippen LogP contribution is 2.33. The molecule has 0 aliphatic heterocycles. The fraction of sp³-hybridized carbons (Fsp3) is 0.200. The number of nitriles is 1. The largest absolute Gasteiger partial charge is 0.371 e. The first kappa shape index (κ1) is 22.2. The summed E-state index contributed by atoms with van der Waals surface area (Å²) in [6.45, 7) is 3.64. The minimum absolute atomic E-state index is 0.141. The van der Waals surface area contributed by atoms with Crippen molar-refractivity contribution >= 4 is 45.5 Å². The van der Waals surface area contributed by atoms with Gasteiger partial charge in [0.25, 0.3) is 11.6 Å². The minimum Gasteiger partial charge on any atom is -0.371 e. The van der Waals surface area contributed by atoms with Gasteiger partial charge in [-0.3, -0.25) is 25.2 Å². The Bertz CT molecular complexity index is 1140. The van der Waals surface area contributed by atoms with E-state index < -0.39 is 10.8 Å². The molecule has 2 heterocycles. The summed E-state index contributed by atoms with van der Waals surface area (Å²) in [5.74, 6) is -0.216. The molecule has 11 heteroatoms. The lowest BCUT2D eigenvalue weighted by Gasteiger charge is -2.15. The zero-order chi connectivity index (χ0) is 22.4. The van der Waals surface area contributed by atoms with Gasteiger partial charge in [0.2, 0.25) is 0 Å². The first-order valence-corrected chi connectivity index (χ1v) is 10.9. The summed E-state index contributed by atoms with van der Waals surface area (Å²) in [6, 6.07) is 11.5. The molecule has 158 valence electrons. The second-order valence-corrected chi connectivity index (χ2v) is 8.65. The fourth-order valence-corrected chi connectivity index (χ4v) is 4.52. The number of rotatable bonds is 8. The molecule has 0 saturated heterocycles. The number of benzene rings is 1. The number of pyridine rings is 1. The predicted octanol–water partition coefficient (Wildman–Crippen LogP) is 4.80. The van der Waals surface area contributed by atoms with Gasteiger partial charge in [0.05, 0.1) is 38.4 Å². The Balaban J connectivity index is 1.78. The Hall–Kier alpha value is -3.49. The number of nitro groups is 1. The summed E-state index contributed by atoms with van der Waals surface area (Å²) in [4.78, 5) is 32.2. The second-order valence-electron chi connectivity index (χ2n) is 6.40. The van der Waals surface area contributed by atoms with E-state index in [4.69, 9.17) is 5.26 Å². The Labute approximate surface area is 186 Å². The normalized spacial score (nSPS) is 11.4. The summed E-state index contributed by atoms with van der Waals surface area (Å²) in [6.07, 6.45) is 1.65. The van der Waals surface area contributed by atoms with Gasteiger partial charge in [0.15, 0.2) is 5.13 Å². The zero-order valence-electron chi connectivity index (χ0n) is 16.7. The van der Waals surface area contributed by atoms with Crippen molar-refractivity contribution in [3.8, 4) is 6.07 Å². The molecule has 0 aliphatic carbocycles. The van der Waals surface area contributed by atoms with Gasteiger partial charge in [0.1, 0.15) is 5.69 Å². The van der Waals surface area contributed by atoms with Crippen LogP contribution in [-0.2, 0) is 0 Å². The Morgan fingerprint density at radius 1 is 1.39 bits per heavy atom. The first-order chi connectivity index (χ1) is 14.9. The van der Waals surface area contributed by atoms with E-state index in [1.807, 2.05) is 25.1 Å². The van der Waals surface area contributed by atoms with E-state index in [9.17, 15) is 14.9 Å². The molecule has 9 nitrogen and oxygen atoms in total. The molecule has 3 aromatic rings. The summed E-state index contributed by atoms with van der Waals surface area (Å²) < 4.78 is 0.839. The van der Waals surface area contributed by atoms with Crippen LogP contribution in [0.1, 0.15) is 34.7 Å². The van der Waals surface area contributed by atoms with Crippen molar-refractivity contribution in [1.82, 2.24) is 9.97 Å². The smallest absolute Gasteiger partial charge is 0.293 e. The predicted molar refractivity (Wildman–Crippen MR) is 121 cm³/mol. The van der Waals surface area contributed by atoms with Gasteiger partial charge < -0.3 is 5.32 Å². The van der Waals surface area contributed by atoms with Crippen molar-refractivity contribution in [1.29, 1.82) is 5.26 Å². The van der Waals surface area contributed by atoms with Gasteiger partial charge in [0, 0.05) is 17.8 Å². The van der Waals surface area contributed by atoms with Crippen molar-refractivity contribution in [3.63, 3.8) is 0 Å². The fourth-order valence-electron chi connectivity index (χ4n) is 2.72. The van der Waals surface area contributed by atoms with E-state index in [0.29, 0.717) is 10.8 Å². The van der Waals surface area contributed by atoms with Crippen LogP contribution in [0.25, 0.3) is 0 Å².